The Balaban J connectivity index is 1.87. The number of thiocarbonyl (C=S) groups is 1. The number of ether oxygens (including phenoxy) is 1. The first kappa shape index (κ1) is 18.2. The molecule has 1 aromatic carbocycles. The highest BCUT2D eigenvalue weighted by atomic mass is 32.2. The zero-order valence-corrected chi connectivity index (χ0v) is 15.8. The number of aliphatic carboxylic acids is 1. The number of thioether (sulfide) groups is 1. The molecule has 1 aromatic heterocycles. The molecule has 2 heterocycles. The molecule has 1 saturated heterocycles. The molecule has 26 heavy (non-hydrogen) atoms. The molecular weight excluding hydrogens is 372 g/mol. The lowest BCUT2D eigenvalue weighted by molar-refractivity contribution is -0.140. The molecule has 134 valence electrons. The van der Waals surface area contributed by atoms with Gasteiger partial charge < -0.3 is 14.4 Å². The third-order valence-electron chi connectivity index (χ3n) is 3.85. The lowest BCUT2D eigenvalue weighted by atomic mass is 10.3. The number of nitrogens with zero attached hydrogens (tertiary/aromatic N) is 2. The Labute approximate surface area is 160 Å². The number of hydrogen-bond donors (Lipinski definition) is 1. The van der Waals surface area contributed by atoms with E-state index in [1.54, 1.807) is 13.2 Å². The van der Waals surface area contributed by atoms with Crippen LogP contribution in [0.5, 0.6) is 5.75 Å². The highest BCUT2D eigenvalue weighted by Crippen LogP contribution is 2.32. The summed E-state index contributed by atoms with van der Waals surface area (Å²) in [5.41, 5.74) is 2.82. The van der Waals surface area contributed by atoms with Crippen LogP contribution in [-0.4, -0.2) is 44.4 Å². The van der Waals surface area contributed by atoms with Gasteiger partial charge in [0.1, 0.15) is 16.6 Å². The molecule has 0 spiro atoms. The van der Waals surface area contributed by atoms with E-state index >= 15 is 0 Å². The van der Waals surface area contributed by atoms with Crippen LogP contribution in [0.2, 0.25) is 0 Å². The van der Waals surface area contributed by atoms with E-state index in [2.05, 4.69) is 0 Å². The van der Waals surface area contributed by atoms with Gasteiger partial charge in [0.25, 0.3) is 5.91 Å². The summed E-state index contributed by atoms with van der Waals surface area (Å²) in [7, 11) is 1.62. The number of carboxylic acid groups (broad SMARTS) is 1. The number of methoxy groups -OCH3 is 1. The number of carbonyl (C=O) groups excluding carboxylic acids is 1. The van der Waals surface area contributed by atoms with Crippen molar-refractivity contribution >= 4 is 46.3 Å². The number of carbonyl (C=O) groups is 2. The monoisotopic (exact) mass is 388 g/mol. The minimum atomic E-state index is -1.09. The SMILES string of the molecule is COc1ccc(-n2cc(/C=C3\SC(=S)N(CC(=O)O)C3=O)cc2C)cc1. The standard InChI is InChI=1S/C18H16N2O4S2/c1-11-7-12(9-19(11)13-3-5-14(24-2)6-4-13)8-15-17(23)20(10-16(21)22)18(25)26-15/h3-9H,10H2,1-2H3,(H,21,22)/b15-8-. The van der Waals surface area contributed by atoms with E-state index in [4.69, 9.17) is 22.1 Å². The third-order valence-corrected chi connectivity index (χ3v) is 5.23. The quantitative estimate of drug-likeness (QED) is 0.627. The molecule has 0 aliphatic carbocycles. The number of amides is 1. The smallest absolute Gasteiger partial charge is 0.323 e. The summed E-state index contributed by atoms with van der Waals surface area (Å²) in [6, 6.07) is 9.61. The van der Waals surface area contributed by atoms with Crippen molar-refractivity contribution in [2.45, 2.75) is 6.92 Å². The summed E-state index contributed by atoms with van der Waals surface area (Å²) in [4.78, 5) is 24.7. The van der Waals surface area contributed by atoms with Gasteiger partial charge in [-0.15, -0.1) is 0 Å². The Bertz CT molecular complexity index is 916. The number of aromatic nitrogens is 1. The predicted molar refractivity (Wildman–Crippen MR) is 105 cm³/mol. The normalized spacial score (nSPS) is 15.8. The molecule has 1 aliphatic rings. The lowest BCUT2D eigenvalue weighted by Crippen LogP contribution is -2.33. The van der Waals surface area contributed by atoms with Crippen LogP contribution in [0.25, 0.3) is 11.8 Å². The topological polar surface area (TPSA) is 71.8 Å². The molecule has 3 rings (SSSR count). The van der Waals surface area contributed by atoms with Gasteiger partial charge in [-0.25, -0.2) is 0 Å². The summed E-state index contributed by atoms with van der Waals surface area (Å²) in [5.74, 6) is -0.692. The zero-order valence-electron chi connectivity index (χ0n) is 14.1. The number of aryl methyl sites for hydroxylation is 1. The van der Waals surface area contributed by atoms with Crippen LogP contribution in [0.3, 0.4) is 0 Å². The summed E-state index contributed by atoms with van der Waals surface area (Å²) in [6.07, 6.45) is 3.65. The molecular formula is C18H16N2O4S2. The van der Waals surface area contributed by atoms with Crippen LogP contribution in [0, 0.1) is 6.92 Å². The second kappa shape index (κ2) is 7.35. The lowest BCUT2D eigenvalue weighted by Gasteiger charge is -2.10. The van der Waals surface area contributed by atoms with Gasteiger partial charge in [0.05, 0.1) is 12.0 Å². The molecule has 6 nitrogen and oxygen atoms in total. The minimum absolute atomic E-state index is 0.259. The van der Waals surface area contributed by atoms with E-state index in [-0.39, 0.29) is 10.2 Å². The summed E-state index contributed by atoms with van der Waals surface area (Å²) < 4.78 is 7.43. The van der Waals surface area contributed by atoms with Gasteiger partial charge in [-0.05, 0) is 48.9 Å². The second-order valence-corrected chi connectivity index (χ2v) is 7.32. The Morgan fingerprint density at radius 3 is 2.65 bits per heavy atom. The molecule has 0 bridgehead atoms. The van der Waals surface area contributed by atoms with E-state index in [0.717, 1.165) is 39.4 Å². The van der Waals surface area contributed by atoms with Gasteiger partial charge in [-0.3, -0.25) is 14.5 Å². The fourth-order valence-electron chi connectivity index (χ4n) is 2.62. The predicted octanol–water partition coefficient (Wildman–Crippen LogP) is 3.08. The molecule has 1 N–H and O–H groups in total. The molecule has 1 fully saturated rings. The van der Waals surface area contributed by atoms with E-state index < -0.39 is 12.5 Å². The maximum Gasteiger partial charge on any atom is 0.323 e. The molecule has 0 saturated carbocycles. The van der Waals surface area contributed by atoms with Gasteiger partial charge in [0.15, 0.2) is 0 Å². The number of benzene rings is 1. The fourth-order valence-corrected chi connectivity index (χ4v) is 3.88. The molecule has 0 radical (unpaired) electrons. The van der Waals surface area contributed by atoms with Gasteiger partial charge in [0.2, 0.25) is 0 Å². The van der Waals surface area contributed by atoms with Crippen LogP contribution in [0.15, 0.2) is 41.4 Å². The first-order valence-corrected chi connectivity index (χ1v) is 8.92. The van der Waals surface area contributed by atoms with E-state index in [1.165, 1.54) is 0 Å². The van der Waals surface area contributed by atoms with Crippen molar-refractivity contribution in [3.63, 3.8) is 0 Å². The van der Waals surface area contributed by atoms with Crippen molar-refractivity contribution in [3.8, 4) is 11.4 Å². The first-order chi connectivity index (χ1) is 12.4. The average molecular weight is 388 g/mol. The molecule has 8 heteroatoms. The van der Waals surface area contributed by atoms with Gasteiger partial charge in [0, 0.05) is 17.6 Å². The van der Waals surface area contributed by atoms with Crippen molar-refractivity contribution in [2.24, 2.45) is 0 Å². The van der Waals surface area contributed by atoms with Crippen LogP contribution < -0.4 is 4.74 Å². The Morgan fingerprint density at radius 2 is 2.04 bits per heavy atom. The summed E-state index contributed by atoms with van der Waals surface area (Å²) in [6.45, 7) is 1.55. The maximum atomic E-state index is 12.4. The van der Waals surface area contributed by atoms with Crippen molar-refractivity contribution in [1.82, 2.24) is 9.47 Å². The van der Waals surface area contributed by atoms with E-state index in [0.29, 0.717) is 4.91 Å². The van der Waals surface area contributed by atoms with Crippen LogP contribution >= 0.6 is 24.0 Å². The van der Waals surface area contributed by atoms with E-state index in [9.17, 15) is 9.59 Å². The van der Waals surface area contributed by atoms with Gasteiger partial charge in [-0.1, -0.05) is 24.0 Å². The number of carboxylic acids is 1. The van der Waals surface area contributed by atoms with E-state index in [1.807, 2.05) is 48.0 Å². The molecule has 1 amide bonds. The highest BCUT2D eigenvalue weighted by molar-refractivity contribution is 8.26. The van der Waals surface area contributed by atoms with Crippen molar-refractivity contribution in [2.75, 3.05) is 13.7 Å². The first-order valence-electron chi connectivity index (χ1n) is 7.69. The molecule has 0 atom stereocenters. The van der Waals surface area contributed by atoms with Crippen molar-refractivity contribution in [1.29, 1.82) is 0 Å². The fraction of sp³-hybridized carbons (Fsp3) is 0.167. The molecule has 1 aliphatic heterocycles. The minimum Gasteiger partial charge on any atom is -0.497 e. The Kier molecular flexibility index (Phi) is 5.15. The van der Waals surface area contributed by atoms with Crippen LogP contribution in [-0.2, 0) is 9.59 Å². The van der Waals surface area contributed by atoms with Crippen molar-refractivity contribution in [3.05, 3.63) is 52.7 Å². The Hall–Kier alpha value is -2.58. The van der Waals surface area contributed by atoms with Gasteiger partial charge in [-0.2, -0.15) is 0 Å². The Morgan fingerprint density at radius 1 is 1.35 bits per heavy atom. The van der Waals surface area contributed by atoms with Crippen LogP contribution in [0.4, 0.5) is 0 Å². The maximum absolute atomic E-state index is 12.4. The summed E-state index contributed by atoms with van der Waals surface area (Å²) >= 11 is 6.22. The molecule has 0 unspecified atom stereocenters. The number of hydrogen-bond acceptors (Lipinski definition) is 5. The second-order valence-electron chi connectivity index (χ2n) is 5.64. The molecule has 2 aromatic rings. The largest absolute Gasteiger partial charge is 0.497 e. The zero-order chi connectivity index (χ0) is 18.8. The van der Waals surface area contributed by atoms with Crippen molar-refractivity contribution < 1.29 is 19.4 Å². The highest BCUT2D eigenvalue weighted by Gasteiger charge is 2.33. The average Bonchev–Trinajstić information content (AvgIpc) is 3.09. The van der Waals surface area contributed by atoms with Crippen LogP contribution in [0.1, 0.15) is 11.3 Å². The van der Waals surface area contributed by atoms with Gasteiger partial charge >= 0.3 is 5.97 Å². The summed E-state index contributed by atoms with van der Waals surface area (Å²) in [5, 5.41) is 8.89. The third kappa shape index (κ3) is 3.66. The number of rotatable bonds is 5.